The summed E-state index contributed by atoms with van der Waals surface area (Å²) >= 11 is 0. The third-order valence-corrected chi connectivity index (χ3v) is 2.68. The lowest BCUT2D eigenvalue weighted by Gasteiger charge is -2.27. The number of anilines is 1. The molecule has 0 saturated heterocycles. The fourth-order valence-corrected chi connectivity index (χ4v) is 1.54. The van der Waals surface area contributed by atoms with Crippen molar-refractivity contribution in [2.45, 2.75) is 25.3 Å². The molecular weight excluding hydrogens is 212 g/mol. The quantitative estimate of drug-likeness (QED) is 0.668. The molecule has 1 fully saturated rings. The molecule has 0 bridgehead atoms. The van der Waals surface area contributed by atoms with Gasteiger partial charge in [0.25, 0.3) is 0 Å². The molecule has 0 unspecified atom stereocenters. The minimum absolute atomic E-state index is 0. The number of rotatable bonds is 3. The zero-order chi connectivity index (χ0) is 9.97. The predicted molar refractivity (Wildman–Crippen MR) is 64.8 cm³/mol. The summed E-state index contributed by atoms with van der Waals surface area (Å²) in [7, 11) is -1.37. The van der Waals surface area contributed by atoms with E-state index in [1.807, 2.05) is 12.1 Å². The molecule has 0 aliphatic heterocycles. The van der Waals surface area contributed by atoms with Gasteiger partial charge in [0.1, 0.15) is 0 Å². The highest BCUT2D eigenvalue weighted by atomic mass is 35.5. The van der Waals surface area contributed by atoms with Crippen LogP contribution in [0.4, 0.5) is 5.69 Å². The van der Waals surface area contributed by atoms with Gasteiger partial charge in [-0.1, -0.05) is 12.1 Å². The van der Waals surface area contributed by atoms with E-state index in [1.165, 1.54) is 19.3 Å². The second kappa shape index (κ2) is 5.40. The van der Waals surface area contributed by atoms with Gasteiger partial charge in [-0.15, -0.1) is 12.4 Å². The van der Waals surface area contributed by atoms with E-state index in [4.69, 9.17) is 10.0 Å². The fourth-order valence-electron chi connectivity index (χ4n) is 1.54. The molecule has 0 aromatic heterocycles. The van der Waals surface area contributed by atoms with Crippen molar-refractivity contribution in [3.8, 4) is 0 Å². The van der Waals surface area contributed by atoms with Crippen LogP contribution in [0.15, 0.2) is 24.3 Å². The van der Waals surface area contributed by atoms with Crippen LogP contribution in [0, 0.1) is 0 Å². The van der Waals surface area contributed by atoms with Gasteiger partial charge in [0, 0.05) is 11.7 Å². The van der Waals surface area contributed by atoms with Gasteiger partial charge in [-0.3, -0.25) is 0 Å². The average Bonchev–Trinajstić information content (AvgIpc) is 2.12. The topological polar surface area (TPSA) is 52.5 Å². The summed E-state index contributed by atoms with van der Waals surface area (Å²) in [5.74, 6) is 0. The normalized spacial score (nSPS) is 15.1. The molecule has 0 radical (unpaired) electrons. The number of halogens is 1. The SMILES string of the molecule is Cl.OB(O)c1ccc(NC2CCC2)cc1. The molecule has 1 aliphatic carbocycles. The third-order valence-electron chi connectivity index (χ3n) is 2.68. The first-order valence-corrected chi connectivity index (χ1v) is 4.98. The first-order valence-electron chi connectivity index (χ1n) is 4.98. The Labute approximate surface area is 96.1 Å². The van der Waals surface area contributed by atoms with Crippen molar-refractivity contribution in [2.24, 2.45) is 0 Å². The van der Waals surface area contributed by atoms with Gasteiger partial charge in [-0.25, -0.2) is 0 Å². The van der Waals surface area contributed by atoms with E-state index < -0.39 is 7.12 Å². The standard InChI is InChI=1S/C10H14BNO2.ClH/c13-11(14)8-4-6-10(7-5-8)12-9-2-1-3-9;/h4-7,9,12-14H,1-3H2;1H. The van der Waals surface area contributed by atoms with Crippen molar-refractivity contribution < 1.29 is 10.0 Å². The molecule has 15 heavy (non-hydrogen) atoms. The number of hydrogen-bond acceptors (Lipinski definition) is 3. The number of nitrogens with one attached hydrogen (secondary N) is 1. The van der Waals surface area contributed by atoms with Crippen LogP contribution in [0.1, 0.15) is 19.3 Å². The molecular formula is C10H15BClNO2. The molecule has 5 heteroatoms. The lowest BCUT2D eigenvalue weighted by molar-refractivity contribution is 0.426. The maximum Gasteiger partial charge on any atom is 0.488 e. The van der Waals surface area contributed by atoms with E-state index >= 15 is 0 Å². The zero-order valence-electron chi connectivity index (χ0n) is 8.39. The summed E-state index contributed by atoms with van der Waals surface area (Å²) in [5.41, 5.74) is 1.59. The zero-order valence-corrected chi connectivity index (χ0v) is 9.20. The highest BCUT2D eigenvalue weighted by Gasteiger charge is 2.17. The van der Waals surface area contributed by atoms with Crippen molar-refractivity contribution in [2.75, 3.05) is 5.32 Å². The summed E-state index contributed by atoms with van der Waals surface area (Å²) in [6.45, 7) is 0. The van der Waals surface area contributed by atoms with E-state index in [0.29, 0.717) is 11.5 Å². The Morgan fingerprint density at radius 1 is 1.13 bits per heavy atom. The molecule has 0 amide bonds. The fraction of sp³-hybridized carbons (Fsp3) is 0.400. The highest BCUT2D eigenvalue weighted by Crippen LogP contribution is 2.22. The summed E-state index contributed by atoms with van der Waals surface area (Å²) in [6, 6.07) is 7.83. The van der Waals surface area contributed by atoms with Crippen LogP contribution < -0.4 is 10.8 Å². The van der Waals surface area contributed by atoms with Crippen molar-refractivity contribution >= 4 is 30.7 Å². The molecule has 2 rings (SSSR count). The van der Waals surface area contributed by atoms with Gasteiger partial charge in [-0.05, 0) is 36.9 Å². The minimum atomic E-state index is -1.37. The first kappa shape index (κ1) is 12.4. The van der Waals surface area contributed by atoms with Crippen LogP contribution in [0.2, 0.25) is 0 Å². The lowest BCUT2D eigenvalue weighted by Crippen LogP contribution is -2.30. The van der Waals surface area contributed by atoms with Crippen LogP contribution >= 0.6 is 12.4 Å². The second-order valence-electron chi connectivity index (χ2n) is 3.77. The van der Waals surface area contributed by atoms with Crippen LogP contribution in [-0.2, 0) is 0 Å². The van der Waals surface area contributed by atoms with E-state index in [2.05, 4.69) is 5.32 Å². The minimum Gasteiger partial charge on any atom is -0.423 e. The Balaban J connectivity index is 0.00000112. The van der Waals surface area contributed by atoms with Crippen molar-refractivity contribution in [3.63, 3.8) is 0 Å². The first-order chi connectivity index (χ1) is 6.75. The summed E-state index contributed by atoms with van der Waals surface area (Å²) in [5, 5.41) is 21.2. The monoisotopic (exact) mass is 227 g/mol. The second-order valence-corrected chi connectivity index (χ2v) is 3.77. The van der Waals surface area contributed by atoms with Crippen LogP contribution in [0.5, 0.6) is 0 Å². The Morgan fingerprint density at radius 3 is 2.13 bits per heavy atom. The molecule has 3 nitrogen and oxygen atoms in total. The highest BCUT2D eigenvalue weighted by molar-refractivity contribution is 6.58. The molecule has 0 spiro atoms. The molecule has 1 aromatic rings. The summed E-state index contributed by atoms with van der Waals surface area (Å²) < 4.78 is 0. The molecule has 3 N–H and O–H groups in total. The molecule has 0 atom stereocenters. The maximum atomic E-state index is 8.89. The smallest absolute Gasteiger partial charge is 0.423 e. The van der Waals surface area contributed by atoms with Gasteiger partial charge in [0.2, 0.25) is 0 Å². The summed E-state index contributed by atoms with van der Waals surface area (Å²) in [6.07, 6.45) is 3.79. The summed E-state index contributed by atoms with van der Waals surface area (Å²) in [4.78, 5) is 0. The Kier molecular flexibility index (Phi) is 4.45. The Morgan fingerprint density at radius 2 is 1.73 bits per heavy atom. The third kappa shape index (κ3) is 3.13. The number of benzene rings is 1. The van der Waals surface area contributed by atoms with Gasteiger partial charge in [0.05, 0.1) is 0 Å². The molecule has 82 valence electrons. The maximum absolute atomic E-state index is 8.89. The van der Waals surface area contributed by atoms with Crippen molar-refractivity contribution in [3.05, 3.63) is 24.3 Å². The van der Waals surface area contributed by atoms with E-state index in [1.54, 1.807) is 12.1 Å². The van der Waals surface area contributed by atoms with Crippen LogP contribution in [-0.4, -0.2) is 23.2 Å². The van der Waals surface area contributed by atoms with Gasteiger partial charge in [-0.2, -0.15) is 0 Å². The molecule has 0 heterocycles. The largest absolute Gasteiger partial charge is 0.488 e. The Bertz CT molecular complexity index is 301. The van der Waals surface area contributed by atoms with Crippen molar-refractivity contribution in [1.82, 2.24) is 0 Å². The Hall–Kier alpha value is -0.705. The van der Waals surface area contributed by atoms with Gasteiger partial charge < -0.3 is 15.4 Å². The molecule has 1 aliphatic rings. The molecule has 1 saturated carbocycles. The molecule has 1 aromatic carbocycles. The van der Waals surface area contributed by atoms with E-state index in [0.717, 1.165) is 5.69 Å². The average molecular weight is 227 g/mol. The number of hydrogen-bond donors (Lipinski definition) is 3. The van der Waals surface area contributed by atoms with Gasteiger partial charge >= 0.3 is 7.12 Å². The van der Waals surface area contributed by atoms with E-state index in [9.17, 15) is 0 Å². The van der Waals surface area contributed by atoms with Crippen LogP contribution in [0.3, 0.4) is 0 Å². The van der Waals surface area contributed by atoms with Gasteiger partial charge in [0.15, 0.2) is 0 Å². The van der Waals surface area contributed by atoms with E-state index in [-0.39, 0.29) is 12.4 Å². The predicted octanol–water partition coefficient (Wildman–Crippen LogP) is 0.753. The van der Waals surface area contributed by atoms with Crippen molar-refractivity contribution in [1.29, 1.82) is 0 Å². The lowest BCUT2D eigenvalue weighted by atomic mass is 9.80. The van der Waals surface area contributed by atoms with Crippen LogP contribution in [0.25, 0.3) is 0 Å².